The number of hydrogen-bond donors (Lipinski definition) is 1. The fourth-order valence-electron chi connectivity index (χ4n) is 5.61. The maximum atomic E-state index is 13.5. The lowest BCUT2D eigenvalue weighted by molar-refractivity contribution is -0.140. The van der Waals surface area contributed by atoms with E-state index >= 15 is 0 Å². The number of aliphatic hydroxyl groups is 1. The van der Waals surface area contributed by atoms with E-state index < -0.39 is 17.7 Å². The molecule has 3 aliphatic heterocycles. The van der Waals surface area contributed by atoms with Gasteiger partial charge in [0.1, 0.15) is 31.3 Å². The van der Waals surface area contributed by atoms with Gasteiger partial charge in [-0.2, -0.15) is 0 Å². The number of hydrogen-bond acceptors (Lipinski definition) is 8. The molecule has 0 aromatic heterocycles. The molecule has 3 aromatic rings. The summed E-state index contributed by atoms with van der Waals surface area (Å²) in [7, 11) is 0. The number of aliphatic hydroxyl groups excluding tert-OH is 1. The molecule has 0 saturated carbocycles. The van der Waals surface area contributed by atoms with Gasteiger partial charge in [0, 0.05) is 31.7 Å². The Morgan fingerprint density at radius 3 is 2.45 bits per heavy atom. The number of nitrogens with zero attached hydrogens (tertiary/aromatic N) is 2. The number of Topliss-reactive ketones (excluding diaryl/α,β-unsaturated/α-hetero) is 1. The summed E-state index contributed by atoms with van der Waals surface area (Å²) in [6.45, 7) is 5.41. The molecule has 9 heteroatoms. The van der Waals surface area contributed by atoms with Gasteiger partial charge in [-0.25, -0.2) is 0 Å². The Balaban J connectivity index is 1.32. The van der Waals surface area contributed by atoms with E-state index in [1.807, 2.05) is 54.6 Å². The summed E-state index contributed by atoms with van der Waals surface area (Å²) in [6.07, 6.45) is 0.678. The van der Waals surface area contributed by atoms with Crippen LogP contribution < -0.4 is 14.2 Å². The van der Waals surface area contributed by atoms with Crippen LogP contribution in [0.4, 0.5) is 0 Å². The van der Waals surface area contributed by atoms with Crippen molar-refractivity contribution in [2.24, 2.45) is 0 Å². The van der Waals surface area contributed by atoms with Crippen molar-refractivity contribution < 1.29 is 33.6 Å². The highest BCUT2D eigenvalue weighted by Gasteiger charge is 2.46. The minimum Gasteiger partial charge on any atom is -0.507 e. The molecule has 2 saturated heterocycles. The second-order valence-corrected chi connectivity index (χ2v) is 10.5. The van der Waals surface area contributed by atoms with Crippen LogP contribution in [0.5, 0.6) is 17.2 Å². The van der Waals surface area contributed by atoms with Crippen molar-refractivity contribution in [3.63, 3.8) is 0 Å². The molecule has 0 aliphatic carbocycles. The SMILES string of the molecule is O=C1C(=O)N(CCCN2CCOCC2)C(c2cccc(OCc3ccccc3)c2)/C1=C(\O)c1ccc2c(c1)OCCO2. The third-order valence-electron chi connectivity index (χ3n) is 7.75. The van der Waals surface area contributed by atoms with Crippen LogP contribution in [-0.4, -0.2) is 79.2 Å². The predicted octanol–water partition coefficient (Wildman–Crippen LogP) is 4.18. The summed E-state index contributed by atoms with van der Waals surface area (Å²) < 4.78 is 22.8. The zero-order chi connectivity index (χ0) is 28.9. The Hall–Kier alpha value is -4.34. The van der Waals surface area contributed by atoms with E-state index in [1.165, 1.54) is 0 Å². The van der Waals surface area contributed by atoms with Crippen molar-refractivity contribution in [3.05, 3.63) is 95.1 Å². The molecule has 3 heterocycles. The maximum absolute atomic E-state index is 13.5. The summed E-state index contributed by atoms with van der Waals surface area (Å²) >= 11 is 0. The van der Waals surface area contributed by atoms with Crippen molar-refractivity contribution in [1.82, 2.24) is 9.80 Å². The summed E-state index contributed by atoms with van der Waals surface area (Å²) in [5.74, 6) is 0.0707. The number of ether oxygens (including phenoxy) is 4. The Kier molecular flexibility index (Phi) is 8.39. The van der Waals surface area contributed by atoms with Gasteiger partial charge in [-0.15, -0.1) is 0 Å². The van der Waals surface area contributed by atoms with Crippen LogP contribution in [0.25, 0.3) is 5.76 Å². The first-order valence-electron chi connectivity index (χ1n) is 14.3. The van der Waals surface area contributed by atoms with E-state index in [9.17, 15) is 14.7 Å². The fraction of sp³-hybridized carbons (Fsp3) is 0.333. The standard InChI is InChI=1S/C33H34N2O7/c36-31(25-10-11-27-28(21-25)41-19-18-40-27)29-30(24-8-4-9-26(20-24)42-22-23-6-2-1-3-7-23)35(33(38)32(29)37)13-5-12-34-14-16-39-17-15-34/h1-4,6-11,20-21,30,36H,5,12-19,22H2/b31-29+. The van der Waals surface area contributed by atoms with Gasteiger partial charge in [-0.1, -0.05) is 42.5 Å². The molecule has 2 fully saturated rings. The van der Waals surface area contributed by atoms with Crippen molar-refractivity contribution >= 4 is 17.4 Å². The molecule has 1 unspecified atom stereocenters. The molecule has 1 N–H and O–H groups in total. The number of likely N-dealkylation sites (tertiary alicyclic amines) is 1. The number of carbonyl (C=O) groups excluding carboxylic acids is 2. The lowest BCUT2D eigenvalue weighted by Crippen LogP contribution is -2.38. The topological polar surface area (TPSA) is 97.8 Å². The van der Waals surface area contributed by atoms with Crippen LogP contribution in [0.3, 0.4) is 0 Å². The first kappa shape index (κ1) is 27.8. The molecule has 6 rings (SSSR count). The first-order chi connectivity index (χ1) is 20.6. The second-order valence-electron chi connectivity index (χ2n) is 10.5. The van der Waals surface area contributed by atoms with Crippen LogP contribution in [0.15, 0.2) is 78.4 Å². The average molecular weight is 571 g/mol. The van der Waals surface area contributed by atoms with Gasteiger partial charge in [0.05, 0.1) is 24.8 Å². The van der Waals surface area contributed by atoms with Gasteiger partial charge in [-0.3, -0.25) is 14.5 Å². The molecule has 218 valence electrons. The Labute approximate surface area is 244 Å². The van der Waals surface area contributed by atoms with E-state index in [0.717, 1.165) is 25.2 Å². The van der Waals surface area contributed by atoms with Crippen LogP contribution >= 0.6 is 0 Å². The molecule has 42 heavy (non-hydrogen) atoms. The molecule has 0 bridgehead atoms. The molecule has 3 aliphatic rings. The summed E-state index contributed by atoms with van der Waals surface area (Å²) in [5, 5.41) is 11.5. The zero-order valence-corrected chi connectivity index (χ0v) is 23.4. The maximum Gasteiger partial charge on any atom is 0.295 e. The highest BCUT2D eigenvalue weighted by molar-refractivity contribution is 6.46. The minimum absolute atomic E-state index is 0.0447. The van der Waals surface area contributed by atoms with Crippen molar-refractivity contribution in [2.45, 2.75) is 19.1 Å². The van der Waals surface area contributed by atoms with Gasteiger partial charge >= 0.3 is 0 Å². The first-order valence-corrected chi connectivity index (χ1v) is 14.3. The van der Waals surface area contributed by atoms with Crippen molar-refractivity contribution in [2.75, 3.05) is 52.6 Å². The van der Waals surface area contributed by atoms with Crippen LogP contribution in [-0.2, 0) is 20.9 Å². The van der Waals surface area contributed by atoms with Crippen molar-refractivity contribution in [1.29, 1.82) is 0 Å². The lowest BCUT2D eigenvalue weighted by atomic mass is 9.95. The molecule has 3 aromatic carbocycles. The second kappa shape index (κ2) is 12.7. The van der Waals surface area contributed by atoms with Gasteiger partial charge in [0.25, 0.3) is 11.7 Å². The molecular weight excluding hydrogens is 536 g/mol. The molecule has 9 nitrogen and oxygen atoms in total. The van der Waals surface area contributed by atoms with Crippen molar-refractivity contribution in [3.8, 4) is 17.2 Å². The molecular formula is C33H34N2O7. The number of fused-ring (bicyclic) bond motifs is 1. The van der Waals surface area contributed by atoms with Gasteiger partial charge < -0.3 is 29.0 Å². The average Bonchev–Trinajstić information content (AvgIpc) is 3.29. The van der Waals surface area contributed by atoms with E-state index in [4.69, 9.17) is 18.9 Å². The highest BCUT2D eigenvalue weighted by Crippen LogP contribution is 2.42. The summed E-state index contributed by atoms with van der Waals surface area (Å²) in [4.78, 5) is 30.9. The molecule has 1 amide bonds. The van der Waals surface area contributed by atoms with E-state index in [-0.39, 0.29) is 11.3 Å². The summed E-state index contributed by atoms with van der Waals surface area (Å²) in [6, 6.07) is 21.5. The number of benzene rings is 3. The highest BCUT2D eigenvalue weighted by atomic mass is 16.6. The van der Waals surface area contributed by atoms with Crippen LogP contribution in [0, 0.1) is 0 Å². The molecule has 0 radical (unpaired) electrons. The smallest absolute Gasteiger partial charge is 0.295 e. The third-order valence-corrected chi connectivity index (χ3v) is 7.75. The minimum atomic E-state index is -0.775. The Morgan fingerprint density at radius 1 is 0.857 bits per heavy atom. The van der Waals surface area contributed by atoms with Gasteiger partial charge in [0.2, 0.25) is 0 Å². The molecule has 1 atom stereocenters. The normalized spacial score (nSPS) is 20.1. The van der Waals surface area contributed by atoms with Crippen LogP contribution in [0.2, 0.25) is 0 Å². The fourth-order valence-corrected chi connectivity index (χ4v) is 5.61. The quantitative estimate of drug-likeness (QED) is 0.233. The number of carbonyl (C=O) groups is 2. The van der Waals surface area contributed by atoms with E-state index in [2.05, 4.69) is 4.90 Å². The summed E-state index contributed by atoms with van der Waals surface area (Å²) in [5.41, 5.74) is 2.14. The van der Waals surface area contributed by atoms with Crippen LogP contribution in [0.1, 0.15) is 29.2 Å². The number of ketones is 1. The van der Waals surface area contributed by atoms with Gasteiger partial charge in [-0.05, 0) is 47.9 Å². The Bertz CT molecular complexity index is 1470. The Morgan fingerprint density at radius 2 is 1.64 bits per heavy atom. The number of rotatable bonds is 9. The monoisotopic (exact) mass is 570 g/mol. The lowest BCUT2D eigenvalue weighted by Gasteiger charge is -2.29. The van der Waals surface area contributed by atoms with Gasteiger partial charge in [0.15, 0.2) is 11.5 Å². The zero-order valence-electron chi connectivity index (χ0n) is 23.4. The van der Waals surface area contributed by atoms with E-state index in [0.29, 0.717) is 74.4 Å². The number of amides is 1. The molecule has 0 spiro atoms. The van der Waals surface area contributed by atoms with E-state index in [1.54, 1.807) is 23.1 Å². The largest absolute Gasteiger partial charge is 0.507 e. The third kappa shape index (κ3) is 5.98. The number of morpholine rings is 1. The predicted molar refractivity (Wildman–Crippen MR) is 156 cm³/mol.